The summed E-state index contributed by atoms with van der Waals surface area (Å²) in [4.78, 5) is 30.0. The molecular formula is C26H22N2O5. The van der Waals surface area contributed by atoms with Crippen LogP contribution in [0.3, 0.4) is 0 Å². The molecule has 7 heteroatoms. The van der Waals surface area contributed by atoms with Gasteiger partial charge in [0.15, 0.2) is 0 Å². The molecule has 0 aliphatic carbocycles. The number of phenolic OH excluding ortho intramolecular Hbond substituents is 1. The summed E-state index contributed by atoms with van der Waals surface area (Å²) in [5, 5.41) is 10.9. The molecule has 0 saturated heterocycles. The van der Waals surface area contributed by atoms with Crippen LogP contribution in [-0.4, -0.2) is 33.8 Å². The maximum Gasteiger partial charge on any atom is 0.268 e. The Morgan fingerprint density at radius 1 is 1.18 bits per heavy atom. The number of aromatic amines is 1. The van der Waals surface area contributed by atoms with Gasteiger partial charge >= 0.3 is 0 Å². The number of aromatic nitrogens is 2. The molecular weight excluding hydrogens is 420 g/mol. The summed E-state index contributed by atoms with van der Waals surface area (Å²) in [7, 11) is 1.55. The highest BCUT2D eigenvalue weighted by Gasteiger charge is 2.39. The zero-order chi connectivity index (χ0) is 23.0. The third-order valence-corrected chi connectivity index (χ3v) is 6.80. The van der Waals surface area contributed by atoms with Crippen molar-refractivity contribution in [2.24, 2.45) is 0 Å². The van der Waals surface area contributed by atoms with Crippen LogP contribution in [0.25, 0.3) is 22.3 Å². The minimum absolute atomic E-state index is 0.137. The van der Waals surface area contributed by atoms with Gasteiger partial charge in [-0.05, 0) is 55.7 Å². The largest absolute Gasteiger partial charge is 0.508 e. The summed E-state index contributed by atoms with van der Waals surface area (Å²) in [5.74, 6) is 0.301. The number of fused-ring (bicyclic) bond motifs is 5. The van der Waals surface area contributed by atoms with Crippen molar-refractivity contribution in [1.29, 1.82) is 0 Å². The Morgan fingerprint density at radius 2 is 1.97 bits per heavy atom. The average molecular weight is 442 g/mol. The van der Waals surface area contributed by atoms with Crippen molar-refractivity contribution in [3.63, 3.8) is 0 Å². The number of H-pyrrole nitrogens is 1. The second-order valence-corrected chi connectivity index (χ2v) is 8.68. The maximum absolute atomic E-state index is 13.6. The van der Waals surface area contributed by atoms with E-state index in [2.05, 4.69) is 4.98 Å². The van der Waals surface area contributed by atoms with Crippen LogP contribution in [0.15, 0.2) is 47.3 Å². The Bertz CT molecular complexity index is 1540. The lowest BCUT2D eigenvalue weighted by atomic mass is 9.88. The van der Waals surface area contributed by atoms with Crippen LogP contribution in [0.4, 0.5) is 0 Å². The van der Waals surface area contributed by atoms with Gasteiger partial charge in [0.05, 0.1) is 30.3 Å². The van der Waals surface area contributed by atoms with Crippen LogP contribution in [0.5, 0.6) is 11.5 Å². The quantitative estimate of drug-likeness (QED) is 0.430. The molecule has 4 aromatic rings. The summed E-state index contributed by atoms with van der Waals surface area (Å²) in [6, 6.07) is 12.5. The van der Waals surface area contributed by atoms with E-state index in [1.54, 1.807) is 29.9 Å². The van der Waals surface area contributed by atoms with Gasteiger partial charge in [-0.2, -0.15) is 0 Å². The Kier molecular flexibility index (Phi) is 4.10. The molecule has 0 saturated carbocycles. The highest BCUT2D eigenvalue weighted by molar-refractivity contribution is 6.10. The molecule has 0 bridgehead atoms. The first kappa shape index (κ1) is 19.8. The van der Waals surface area contributed by atoms with E-state index < -0.39 is 6.10 Å². The van der Waals surface area contributed by atoms with Crippen molar-refractivity contribution < 1.29 is 19.4 Å². The molecule has 6 rings (SSSR count). The number of carbonyl (C=O) groups is 1. The maximum atomic E-state index is 13.6. The number of methoxy groups -OCH3 is 1. The smallest absolute Gasteiger partial charge is 0.268 e. The van der Waals surface area contributed by atoms with E-state index in [1.807, 2.05) is 38.1 Å². The molecule has 7 nitrogen and oxygen atoms in total. The molecule has 33 heavy (non-hydrogen) atoms. The number of hydrogen-bond donors (Lipinski definition) is 2. The van der Waals surface area contributed by atoms with Gasteiger partial charge in [-0.25, -0.2) is 0 Å². The van der Waals surface area contributed by atoms with Crippen LogP contribution >= 0.6 is 0 Å². The van der Waals surface area contributed by atoms with Crippen LogP contribution in [0.2, 0.25) is 0 Å². The highest BCUT2D eigenvalue weighted by atomic mass is 16.5. The Morgan fingerprint density at radius 3 is 2.76 bits per heavy atom. The molecule has 2 aliphatic rings. The zero-order valence-corrected chi connectivity index (χ0v) is 18.4. The number of phenols is 1. The first-order valence-corrected chi connectivity index (χ1v) is 10.9. The molecule has 2 N–H and O–H groups in total. The fourth-order valence-electron chi connectivity index (χ4n) is 5.21. The molecule has 4 heterocycles. The fraction of sp³-hybridized carbons (Fsp3) is 0.231. The first-order chi connectivity index (χ1) is 15.9. The van der Waals surface area contributed by atoms with E-state index in [-0.39, 0.29) is 28.8 Å². The first-order valence-electron chi connectivity index (χ1n) is 10.9. The third-order valence-electron chi connectivity index (χ3n) is 6.80. The summed E-state index contributed by atoms with van der Waals surface area (Å²) in [6.45, 7) is 3.84. The number of ether oxygens (including phenoxy) is 2. The number of pyridine rings is 1. The number of nitrogens with zero attached hydrogens (tertiary/aromatic N) is 1. The van der Waals surface area contributed by atoms with Crippen molar-refractivity contribution in [1.82, 2.24) is 9.55 Å². The van der Waals surface area contributed by atoms with E-state index in [0.717, 1.165) is 16.7 Å². The van der Waals surface area contributed by atoms with Gasteiger partial charge in [0, 0.05) is 22.5 Å². The average Bonchev–Trinajstić information content (AvgIpc) is 3.36. The van der Waals surface area contributed by atoms with Gasteiger partial charge in [-0.1, -0.05) is 12.1 Å². The number of rotatable bonds is 2. The molecule has 166 valence electrons. The van der Waals surface area contributed by atoms with Gasteiger partial charge in [0.2, 0.25) is 5.43 Å². The van der Waals surface area contributed by atoms with E-state index in [1.165, 1.54) is 0 Å². The van der Waals surface area contributed by atoms with Crippen molar-refractivity contribution in [3.05, 3.63) is 80.6 Å². The zero-order valence-electron chi connectivity index (χ0n) is 18.4. The minimum Gasteiger partial charge on any atom is -0.508 e. The third kappa shape index (κ3) is 2.60. The van der Waals surface area contributed by atoms with Gasteiger partial charge in [-0.3, -0.25) is 14.2 Å². The lowest BCUT2D eigenvalue weighted by Gasteiger charge is -2.33. The van der Waals surface area contributed by atoms with E-state index in [0.29, 0.717) is 40.2 Å². The molecule has 2 atom stereocenters. The van der Waals surface area contributed by atoms with Crippen molar-refractivity contribution in [2.75, 3.05) is 7.11 Å². The standard InChI is InChI=1S/C26H22N2O5/c1-12-10-15-13(2)19(29)11-20(32-3)21(15)25(33-12)18-9-8-17-23-22(26(31)28(17)18)24(30)14-6-4-5-7-16(14)27-23/h4-9,11-12,25,29H,10H2,1-3H3,(H,27,30)/t12-,25?/m0/s1. The molecule has 1 unspecified atom stereocenters. The SMILES string of the molecule is COc1cc(O)c(C)c2c1C(c1ccc3n1C(=O)c1c-3[nH]c3ccccc3c1=O)O[C@@H](C)C2. The lowest BCUT2D eigenvalue weighted by molar-refractivity contribution is 0.00221. The Labute approximate surface area is 189 Å². The Balaban J connectivity index is 1.59. The second-order valence-electron chi connectivity index (χ2n) is 8.68. The lowest BCUT2D eigenvalue weighted by Crippen LogP contribution is -2.28. The molecule has 0 fully saturated rings. The molecule has 2 aromatic carbocycles. The van der Waals surface area contributed by atoms with E-state index >= 15 is 0 Å². The number of benzene rings is 2. The fourth-order valence-corrected chi connectivity index (χ4v) is 5.21. The number of hydrogen-bond acceptors (Lipinski definition) is 5. The van der Waals surface area contributed by atoms with Crippen LogP contribution in [0.1, 0.15) is 45.8 Å². The summed E-state index contributed by atoms with van der Waals surface area (Å²) >= 11 is 0. The molecule has 0 spiro atoms. The molecule has 0 radical (unpaired) electrons. The molecule has 2 aromatic heterocycles. The van der Waals surface area contributed by atoms with Crippen molar-refractivity contribution >= 4 is 16.8 Å². The van der Waals surface area contributed by atoms with Gasteiger partial charge in [0.1, 0.15) is 23.2 Å². The monoisotopic (exact) mass is 442 g/mol. The van der Waals surface area contributed by atoms with Crippen molar-refractivity contribution in [3.8, 4) is 22.9 Å². The molecule has 0 amide bonds. The molecule has 2 aliphatic heterocycles. The van der Waals surface area contributed by atoms with Gasteiger partial charge < -0.3 is 19.6 Å². The summed E-state index contributed by atoms with van der Waals surface area (Å²) in [6.07, 6.45) is -0.106. The number of aromatic hydroxyl groups is 1. The summed E-state index contributed by atoms with van der Waals surface area (Å²) in [5.41, 5.74) is 4.85. The van der Waals surface area contributed by atoms with Crippen molar-refractivity contribution in [2.45, 2.75) is 32.5 Å². The van der Waals surface area contributed by atoms with Gasteiger partial charge in [0.25, 0.3) is 5.91 Å². The predicted octanol–water partition coefficient (Wildman–Crippen LogP) is 4.07. The number of carbonyl (C=O) groups excluding carboxylic acids is 1. The van der Waals surface area contributed by atoms with Gasteiger partial charge in [-0.15, -0.1) is 0 Å². The van der Waals surface area contributed by atoms with Crippen LogP contribution in [0, 0.1) is 6.92 Å². The Hall–Kier alpha value is -3.84. The van der Waals surface area contributed by atoms with Crippen LogP contribution < -0.4 is 10.2 Å². The number of nitrogens with one attached hydrogen (secondary N) is 1. The summed E-state index contributed by atoms with van der Waals surface area (Å²) < 4.78 is 13.5. The van der Waals surface area contributed by atoms with E-state index in [9.17, 15) is 14.7 Å². The topological polar surface area (TPSA) is 93.5 Å². The minimum atomic E-state index is -0.588. The predicted molar refractivity (Wildman–Crippen MR) is 123 cm³/mol. The normalized spacial score (nSPS) is 18.8. The second kappa shape index (κ2) is 6.83. The highest BCUT2D eigenvalue weighted by Crippen LogP contribution is 2.46. The van der Waals surface area contributed by atoms with E-state index in [4.69, 9.17) is 9.47 Å². The number of para-hydroxylation sites is 1. The van der Waals surface area contributed by atoms with Crippen LogP contribution in [-0.2, 0) is 11.2 Å².